The molecule has 0 aliphatic carbocycles. The normalized spacial score (nSPS) is 15.3. The van der Waals surface area contributed by atoms with E-state index in [2.05, 4.69) is 27.2 Å². The molecule has 2 aromatic rings. The van der Waals surface area contributed by atoms with E-state index in [-0.39, 0.29) is 23.4 Å². The van der Waals surface area contributed by atoms with Crippen molar-refractivity contribution >= 4 is 34.6 Å². The highest BCUT2D eigenvalue weighted by Gasteiger charge is 2.30. The number of methoxy groups -OCH3 is 1. The Morgan fingerprint density at radius 2 is 2.07 bits per heavy atom. The summed E-state index contributed by atoms with van der Waals surface area (Å²) in [5, 5.41) is 15.3. The van der Waals surface area contributed by atoms with E-state index in [1.54, 1.807) is 18.2 Å². The van der Waals surface area contributed by atoms with Crippen molar-refractivity contribution in [2.45, 2.75) is 18.9 Å². The van der Waals surface area contributed by atoms with E-state index in [0.717, 1.165) is 25.9 Å². The summed E-state index contributed by atoms with van der Waals surface area (Å²) >= 11 is 6.06. The van der Waals surface area contributed by atoms with Crippen LogP contribution in [0, 0.1) is 10.1 Å². The third kappa shape index (κ3) is 4.26. The fourth-order valence-electron chi connectivity index (χ4n) is 3.35. The number of nitro groups is 1. The maximum absolute atomic E-state index is 11.9. The number of likely N-dealkylation sites (tertiary alicyclic amines) is 1. The molecule has 1 aliphatic heterocycles. The monoisotopic (exact) mass is 406 g/mol. The molecule has 0 spiro atoms. The van der Waals surface area contributed by atoms with Gasteiger partial charge in [0, 0.05) is 18.1 Å². The van der Waals surface area contributed by atoms with Gasteiger partial charge in [0.15, 0.2) is 0 Å². The van der Waals surface area contributed by atoms with Crippen LogP contribution in [0.1, 0.15) is 12.8 Å². The molecule has 1 saturated heterocycles. The maximum Gasteiger partial charge on any atom is 0.353 e. The molecule has 10 heteroatoms. The number of nitrogens with zero attached hydrogens (tertiary/aromatic N) is 5. The Balaban J connectivity index is 1.96. The lowest BCUT2D eigenvalue weighted by Crippen LogP contribution is -2.42. The second-order valence-corrected chi connectivity index (χ2v) is 7.20. The van der Waals surface area contributed by atoms with Gasteiger partial charge in [-0.2, -0.15) is 0 Å². The molecule has 150 valence electrons. The molecular formula is C18H23ClN6O3. The predicted molar refractivity (Wildman–Crippen MR) is 109 cm³/mol. The van der Waals surface area contributed by atoms with Crippen LogP contribution in [0.3, 0.4) is 0 Å². The van der Waals surface area contributed by atoms with Gasteiger partial charge in [0.1, 0.15) is 12.1 Å². The van der Waals surface area contributed by atoms with Crippen LogP contribution in [0.4, 0.5) is 23.0 Å². The van der Waals surface area contributed by atoms with Gasteiger partial charge >= 0.3 is 5.69 Å². The Morgan fingerprint density at radius 1 is 1.36 bits per heavy atom. The fourth-order valence-corrected chi connectivity index (χ4v) is 3.52. The summed E-state index contributed by atoms with van der Waals surface area (Å²) in [5.74, 6) is 0.885. The molecule has 1 aliphatic rings. The van der Waals surface area contributed by atoms with Crippen molar-refractivity contribution in [1.29, 1.82) is 0 Å². The number of anilines is 3. The number of halogens is 1. The lowest BCUT2D eigenvalue weighted by atomic mass is 10.0. The number of aromatic nitrogens is 2. The lowest BCUT2D eigenvalue weighted by molar-refractivity contribution is -0.383. The van der Waals surface area contributed by atoms with E-state index in [4.69, 9.17) is 16.3 Å². The highest BCUT2D eigenvalue weighted by atomic mass is 35.5. The molecule has 0 atom stereocenters. The lowest BCUT2D eigenvalue weighted by Gasteiger charge is -2.35. The summed E-state index contributed by atoms with van der Waals surface area (Å²) in [7, 11) is 5.43. The van der Waals surface area contributed by atoms with Gasteiger partial charge in [-0.25, -0.2) is 9.97 Å². The Kier molecular flexibility index (Phi) is 6.15. The molecule has 1 fully saturated rings. The summed E-state index contributed by atoms with van der Waals surface area (Å²) < 4.78 is 5.31. The first kappa shape index (κ1) is 20.1. The van der Waals surface area contributed by atoms with Crippen LogP contribution < -0.4 is 15.0 Å². The quantitative estimate of drug-likeness (QED) is 0.576. The third-order valence-corrected chi connectivity index (χ3v) is 5.21. The molecule has 9 nitrogen and oxygen atoms in total. The second-order valence-electron chi connectivity index (χ2n) is 6.77. The van der Waals surface area contributed by atoms with E-state index in [1.165, 1.54) is 13.4 Å². The molecule has 0 radical (unpaired) electrons. The molecular weight excluding hydrogens is 384 g/mol. The molecule has 28 heavy (non-hydrogen) atoms. The van der Waals surface area contributed by atoms with Gasteiger partial charge in [-0.05, 0) is 51.2 Å². The minimum atomic E-state index is -0.458. The molecule has 1 aromatic carbocycles. The van der Waals surface area contributed by atoms with Gasteiger partial charge < -0.3 is 19.9 Å². The van der Waals surface area contributed by atoms with Crippen molar-refractivity contribution in [3.63, 3.8) is 0 Å². The minimum absolute atomic E-state index is 0.0929. The van der Waals surface area contributed by atoms with Crippen LogP contribution in [-0.4, -0.2) is 60.1 Å². The summed E-state index contributed by atoms with van der Waals surface area (Å²) in [6.45, 7) is 1.89. The second kappa shape index (κ2) is 8.57. The molecule has 0 bridgehead atoms. The number of nitrogens with one attached hydrogen (secondary N) is 1. The Hall–Kier alpha value is -2.65. The van der Waals surface area contributed by atoms with E-state index in [1.807, 2.05) is 11.9 Å². The largest absolute Gasteiger partial charge is 0.495 e. The Morgan fingerprint density at radius 3 is 2.71 bits per heavy atom. The van der Waals surface area contributed by atoms with E-state index in [9.17, 15) is 10.1 Å². The highest BCUT2D eigenvalue weighted by molar-refractivity contribution is 6.31. The smallest absolute Gasteiger partial charge is 0.353 e. The van der Waals surface area contributed by atoms with Crippen LogP contribution in [0.5, 0.6) is 5.75 Å². The van der Waals surface area contributed by atoms with Crippen molar-refractivity contribution in [3.05, 3.63) is 39.7 Å². The Labute approximate surface area is 168 Å². The van der Waals surface area contributed by atoms with Gasteiger partial charge in [-0.15, -0.1) is 0 Å². The zero-order chi connectivity index (χ0) is 20.3. The average Bonchev–Trinajstić information content (AvgIpc) is 2.68. The van der Waals surface area contributed by atoms with Crippen molar-refractivity contribution < 1.29 is 9.66 Å². The zero-order valence-electron chi connectivity index (χ0n) is 16.1. The van der Waals surface area contributed by atoms with Crippen molar-refractivity contribution in [3.8, 4) is 5.75 Å². The SMILES string of the molecule is COc1ccc(Cl)cc1Nc1ncnc(N(C)C2CCN(C)CC2)c1[N+](=O)[O-]. The molecule has 2 heterocycles. The average molecular weight is 407 g/mol. The maximum atomic E-state index is 11.9. The topological polar surface area (TPSA) is 96.7 Å². The molecule has 0 amide bonds. The van der Waals surface area contributed by atoms with Crippen LogP contribution in [-0.2, 0) is 0 Å². The van der Waals surface area contributed by atoms with Crippen molar-refractivity contribution in [2.75, 3.05) is 44.5 Å². The first-order valence-electron chi connectivity index (χ1n) is 8.92. The molecule has 3 rings (SSSR count). The van der Waals surface area contributed by atoms with Crippen LogP contribution in [0.2, 0.25) is 5.02 Å². The van der Waals surface area contributed by atoms with Crippen molar-refractivity contribution in [1.82, 2.24) is 14.9 Å². The Bertz CT molecular complexity index is 857. The van der Waals surface area contributed by atoms with Crippen molar-refractivity contribution in [2.24, 2.45) is 0 Å². The fraction of sp³-hybridized carbons (Fsp3) is 0.444. The summed E-state index contributed by atoms with van der Waals surface area (Å²) in [6, 6.07) is 5.17. The number of rotatable bonds is 6. The van der Waals surface area contributed by atoms with Crippen LogP contribution in [0.15, 0.2) is 24.5 Å². The summed E-state index contributed by atoms with van der Waals surface area (Å²) in [6.07, 6.45) is 3.16. The summed E-state index contributed by atoms with van der Waals surface area (Å²) in [5.41, 5.74) is 0.315. The zero-order valence-corrected chi connectivity index (χ0v) is 16.8. The van der Waals surface area contributed by atoms with Gasteiger partial charge in [0.2, 0.25) is 11.6 Å². The number of ether oxygens (including phenoxy) is 1. The third-order valence-electron chi connectivity index (χ3n) is 4.97. The number of hydrogen-bond donors (Lipinski definition) is 1. The van der Waals surface area contributed by atoms with E-state index >= 15 is 0 Å². The minimum Gasteiger partial charge on any atom is -0.495 e. The molecule has 0 saturated carbocycles. The van der Waals surface area contributed by atoms with Crippen LogP contribution >= 0.6 is 11.6 Å². The number of benzene rings is 1. The molecule has 0 unspecified atom stereocenters. The standard InChI is InChI=1S/C18H23ClN6O3/c1-23-8-6-13(7-9-23)24(2)18-16(25(26)27)17(20-11-21-18)22-14-10-12(19)4-5-15(14)28-3/h4-5,10-11,13H,6-9H2,1-3H3,(H,20,21,22). The molecule has 1 N–H and O–H groups in total. The van der Waals surface area contributed by atoms with Gasteiger partial charge in [0.25, 0.3) is 0 Å². The van der Waals surface area contributed by atoms with Gasteiger partial charge in [-0.3, -0.25) is 10.1 Å². The van der Waals surface area contributed by atoms with E-state index in [0.29, 0.717) is 16.5 Å². The van der Waals surface area contributed by atoms with Gasteiger partial charge in [-0.1, -0.05) is 11.6 Å². The first-order valence-corrected chi connectivity index (χ1v) is 9.29. The first-order chi connectivity index (χ1) is 13.4. The van der Waals surface area contributed by atoms with Gasteiger partial charge in [0.05, 0.1) is 17.7 Å². The highest BCUT2D eigenvalue weighted by Crippen LogP contribution is 2.37. The molecule has 1 aromatic heterocycles. The van der Waals surface area contributed by atoms with Crippen LogP contribution in [0.25, 0.3) is 0 Å². The number of piperidine rings is 1. The summed E-state index contributed by atoms with van der Waals surface area (Å²) in [4.78, 5) is 23.9. The van der Waals surface area contributed by atoms with E-state index < -0.39 is 4.92 Å². The number of hydrogen-bond acceptors (Lipinski definition) is 8. The predicted octanol–water partition coefficient (Wildman–Crippen LogP) is 3.32.